The summed E-state index contributed by atoms with van der Waals surface area (Å²) in [6.45, 7) is 4.78. The molecular formula is C23H30N2O4S. The topological polar surface area (TPSA) is 75.7 Å². The van der Waals surface area contributed by atoms with Gasteiger partial charge in [-0.3, -0.25) is 4.79 Å². The van der Waals surface area contributed by atoms with E-state index in [4.69, 9.17) is 4.74 Å². The van der Waals surface area contributed by atoms with Crippen LogP contribution >= 0.6 is 0 Å². The number of sulfonamides is 1. The minimum absolute atomic E-state index is 0.0967. The number of hydrogen-bond donors (Lipinski definition) is 1. The molecule has 1 fully saturated rings. The molecule has 2 aromatic rings. The summed E-state index contributed by atoms with van der Waals surface area (Å²) >= 11 is 0. The first-order valence-electron chi connectivity index (χ1n) is 10.5. The lowest BCUT2D eigenvalue weighted by atomic mass is 9.97. The molecule has 0 aromatic heterocycles. The van der Waals surface area contributed by atoms with E-state index < -0.39 is 10.0 Å². The predicted octanol–water partition coefficient (Wildman–Crippen LogP) is 4.57. The van der Waals surface area contributed by atoms with Gasteiger partial charge >= 0.3 is 0 Å². The molecule has 1 aliphatic heterocycles. The van der Waals surface area contributed by atoms with E-state index in [9.17, 15) is 13.2 Å². The average Bonchev–Trinajstić information content (AvgIpc) is 2.75. The summed E-state index contributed by atoms with van der Waals surface area (Å²) in [6, 6.07) is 15.1. The number of hydrogen-bond acceptors (Lipinski definition) is 4. The summed E-state index contributed by atoms with van der Waals surface area (Å²) < 4.78 is 32.2. The zero-order valence-corrected chi connectivity index (χ0v) is 18.5. The highest BCUT2D eigenvalue weighted by Crippen LogP contribution is 2.30. The highest BCUT2D eigenvalue weighted by atomic mass is 32.2. The van der Waals surface area contributed by atoms with Gasteiger partial charge in [0.25, 0.3) is 0 Å². The molecule has 0 aliphatic carbocycles. The molecule has 1 N–H and O–H groups in total. The van der Waals surface area contributed by atoms with Gasteiger partial charge in [-0.25, -0.2) is 12.7 Å². The van der Waals surface area contributed by atoms with Crippen LogP contribution in [0.3, 0.4) is 0 Å². The van der Waals surface area contributed by atoms with Gasteiger partial charge in [0.2, 0.25) is 15.9 Å². The summed E-state index contributed by atoms with van der Waals surface area (Å²) in [6.07, 6.45) is 2.57. The van der Waals surface area contributed by atoms with Crippen LogP contribution in [0.4, 0.5) is 5.69 Å². The predicted molar refractivity (Wildman–Crippen MR) is 119 cm³/mol. The number of piperidine rings is 1. The molecule has 0 atom stereocenters. The zero-order chi connectivity index (χ0) is 21.6. The average molecular weight is 431 g/mol. The van der Waals surface area contributed by atoms with Crippen molar-refractivity contribution < 1.29 is 17.9 Å². The van der Waals surface area contributed by atoms with Gasteiger partial charge in [0.15, 0.2) is 5.75 Å². The maximum atomic E-state index is 12.8. The Bertz CT molecular complexity index is 949. The van der Waals surface area contributed by atoms with E-state index in [0.29, 0.717) is 49.5 Å². The lowest BCUT2D eigenvalue weighted by Gasteiger charge is -2.30. The summed E-state index contributed by atoms with van der Waals surface area (Å²) in [5, 5.41) is 2.97. The molecule has 2 aromatic carbocycles. The van der Waals surface area contributed by atoms with Gasteiger partial charge in [0, 0.05) is 19.0 Å². The quantitative estimate of drug-likeness (QED) is 0.666. The Labute approximate surface area is 179 Å². The van der Waals surface area contributed by atoms with Crippen molar-refractivity contribution in [3.8, 4) is 11.5 Å². The fourth-order valence-corrected chi connectivity index (χ4v) is 5.16. The molecule has 1 amide bonds. The third-order valence-electron chi connectivity index (χ3n) is 5.37. The number of rotatable bonds is 8. The van der Waals surface area contributed by atoms with E-state index in [1.807, 2.05) is 62.4 Å². The van der Waals surface area contributed by atoms with Crippen LogP contribution in [0, 0.1) is 12.8 Å². The van der Waals surface area contributed by atoms with Crippen LogP contribution in [0.15, 0.2) is 48.5 Å². The van der Waals surface area contributed by atoms with E-state index >= 15 is 0 Å². The molecule has 1 aliphatic rings. The number of ether oxygens (including phenoxy) is 1. The largest absolute Gasteiger partial charge is 0.455 e. The zero-order valence-electron chi connectivity index (χ0n) is 17.6. The van der Waals surface area contributed by atoms with Crippen molar-refractivity contribution in [3.63, 3.8) is 0 Å². The first kappa shape index (κ1) is 22.3. The Balaban J connectivity index is 1.60. The van der Waals surface area contributed by atoms with Crippen LogP contribution in [0.25, 0.3) is 0 Å². The molecule has 0 radical (unpaired) electrons. The van der Waals surface area contributed by atoms with Crippen molar-refractivity contribution in [2.45, 2.75) is 39.5 Å². The number of para-hydroxylation sites is 2. The maximum absolute atomic E-state index is 12.8. The number of aryl methyl sites for hydroxylation is 1. The highest BCUT2D eigenvalue weighted by molar-refractivity contribution is 7.89. The number of benzene rings is 2. The Hall–Kier alpha value is -2.38. The minimum Gasteiger partial charge on any atom is -0.455 e. The summed E-state index contributed by atoms with van der Waals surface area (Å²) in [5.41, 5.74) is 1.76. The van der Waals surface area contributed by atoms with Crippen LogP contribution in [-0.4, -0.2) is 37.5 Å². The lowest BCUT2D eigenvalue weighted by Crippen LogP contribution is -2.42. The molecular weight excluding hydrogens is 400 g/mol. The smallest absolute Gasteiger partial charge is 0.227 e. The summed E-state index contributed by atoms with van der Waals surface area (Å²) in [5.74, 6) is 1.15. The first-order valence-corrected chi connectivity index (χ1v) is 12.1. The number of anilines is 1. The van der Waals surface area contributed by atoms with Gasteiger partial charge in [-0.1, -0.05) is 43.2 Å². The number of unbranched alkanes of at least 4 members (excludes halogenated alkanes) is 1. The van der Waals surface area contributed by atoms with Crippen molar-refractivity contribution in [1.82, 2.24) is 4.31 Å². The SMILES string of the molecule is CCCCS(=O)(=O)N1CCC(C(=O)Nc2ccccc2Oc2ccc(C)cc2)CC1. The highest BCUT2D eigenvalue weighted by Gasteiger charge is 2.31. The van der Waals surface area contributed by atoms with Crippen LogP contribution in [0.5, 0.6) is 11.5 Å². The number of carbonyl (C=O) groups excluding carboxylic acids is 1. The Kier molecular flexibility index (Phi) is 7.50. The van der Waals surface area contributed by atoms with Crippen molar-refractivity contribution >= 4 is 21.6 Å². The van der Waals surface area contributed by atoms with Gasteiger partial charge in [-0.2, -0.15) is 0 Å². The fraction of sp³-hybridized carbons (Fsp3) is 0.435. The fourth-order valence-electron chi connectivity index (χ4n) is 3.48. The summed E-state index contributed by atoms with van der Waals surface area (Å²) in [4.78, 5) is 12.8. The molecule has 1 saturated heterocycles. The number of nitrogens with one attached hydrogen (secondary N) is 1. The molecule has 0 saturated carbocycles. The number of nitrogens with zero attached hydrogens (tertiary/aromatic N) is 1. The van der Waals surface area contributed by atoms with Crippen molar-refractivity contribution in [2.24, 2.45) is 5.92 Å². The maximum Gasteiger partial charge on any atom is 0.227 e. The standard InChI is InChI=1S/C23H30N2O4S/c1-3-4-17-30(27,28)25-15-13-19(14-16-25)23(26)24-21-7-5-6-8-22(21)29-20-11-9-18(2)10-12-20/h5-12,19H,3-4,13-17H2,1-2H3,(H,24,26). The number of amides is 1. The van der Waals surface area contributed by atoms with Crippen molar-refractivity contribution in [2.75, 3.05) is 24.2 Å². The molecule has 0 spiro atoms. The van der Waals surface area contributed by atoms with Crippen molar-refractivity contribution in [1.29, 1.82) is 0 Å². The molecule has 30 heavy (non-hydrogen) atoms. The minimum atomic E-state index is -3.22. The second kappa shape index (κ2) is 10.1. The summed E-state index contributed by atoms with van der Waals surface area (Å²) in [7, 11) is -3.22. The second-order valence-electron chi connectivity index (χ2n) is 7.74. The molecule has 0 unspecified atom stereocenters. The van der Waals surface area contributed by atoms with Crippen LogP contribution in [0.1, 0.15) is 38.2 Å². The van der Waals surface area contributed by atoms with E-state index in [1.165, 1.54) is 4.31 Å². The molecule has 6 nitrogen and oxygen atoms in total. The third-order valence-corrected chi connectivity index (χ3v) is 7.32. The molecule has 1 heterocycles. The van der Waals surface area contributed by atoms with Crippen LogP contribution in [0.2, 0.25) is 0 Å². The molecule has 162 valence electrons. The Morgan fingerprint density at radius 1 is 1.10 bits per heavy atom. The van der Waals surface area contributed by atoms with Gasteiger partial charge in [0.1, 0.15) is 5.75 Å². The van der Waals surface area contributed by atoms with Gasteiger partial charge < -0.3 is 10.1 Å². The molecule has 7 heteroatoms. The second-order valence-corrected chi connectivity index (χ2v) is 9.83. The Morgan fingerprint density at radius 3 is 2.43 bits per heavy atom. The van der Waals surface area contributed by atoms with E-state index in [2.05, 4.69) is 5.32 Å². The van der Waals surface area contributed by atoms with Crippen LogP contribution in [-0.2, 0) is 14.8 Å². The van der Waals surface area contributed by atoms with E-state index in [1.54, 1.807) is 0 Å². The van der Waals surface area contributed by atoms with Gasteiger partial charge in [0.05, 0.1) is 11.4 Å². The van der Waals surface area contributed by atoms with E-state index in [-0.39, 0.29) is 17.6 Å². The van der Waals surface area contributed by atoms with Crippen LogP contribution < -0.4 is 10.1 Å². The first-order chi connectivity index (χ1) is 14.4. The molecule has 0 bridgehead atoms. The van der Waals surface area contributed by atoms with E-state index in [0.717, 1.165) is 12.0 Å². The van der Waals surface area contributed by atoms with Gasteiger partial charge in [-0.05, 0) is 50.5 Å². The Morgan fingerprint density at radius 2 is 1.77 bits per heavy atom. The molecule has 3 rings (SSSR count). The number of carbonyl (C=O) groups is 1. The monoisotopic (exact) mass is 430 g/mol. The van der Waals surface area contributed by atoms with Gasteiger partial charge in [-0.15, -0.1) is 0 Å². The lowest BCUT2D eigenvalue weighted by molar-refractivity contribution is -0.120. The normalized spacial score (nSPS) is 15.7. The van der Waals surface area contributed by atoms with Crippen molar-refractivity contribution in [3.05, 3.63) is 54.1 Å². The third kappa shape index (κ3) is 5.83.